The maximum atomic E-state index is 12.7. The van der Waals surface area contributed by atoms with Crippen LogP contribution in [0.25, 0.3) is 0 Å². The molecule has 3 aliphatic carbocycles. The Morgan fingerprint density at radius 1 is 1.08 bits per heavy atom. The van der Waals surface area contributed by atoms with E-state index in [1.54, 1.807) is 0 Å². The molecule has 1 amide bonds. The third kappa shape index (κ3) is 3.11. The van der Waals surface area contributed by atoms with E-state index in [4.69, 9.17) is 5.73 Å². The van der Waals surface area contributed by atoms with E-state index in [0.29, 0.717) is 23.8 Å². The van der Waals surface area contributed by atoms with Crippen molar-refractivity contribution in [3.63, 3.8) is 0 Å². The Morgan fingerprint density at radius 2 is 1.83 bits per heavy atom. The Labute approximate surface area is 145 Å². The van der Waals surface area contributed by atoms with E-state index in [2.05, 4.69) is 29.6 Å². The predicted octanol–water partition coefficient (Wildman–Crippen LogP) is 3.38. The summed E-state index contributed by atoms with van der Waals surface area (Å²) in [4.78, 5) is 12.7. The number of hydrogen-bond donors (Lipinski definition) is 2. The number of hydrogen-bond acceptors (Lipinski definition) is 2. The van der Waals surface area contributed by atoms with Crippen molar-refractivity contribution in [3.05, 3.63) is 35.4 Å². The van der Waals surface area contributed by atoms with Crippen LogP contribution >= 0.6 is 0 Å². The molecule has 0 spiro atoms. The molecular formula is C21H30N2O. The Hall–Kier alpha value is -1.35. The van der Waals surface area contributed by atoms with Crippen molar-refractivity contribution < 1.29 is 4.79 Å². The molecule has 0 aliphatic heterocycles. The second-order valence-corrected chi connectivity index (χ2v) is 8.23. The summed E-state index contributed by atoms with van der Waals surface area (Å²) in [7, 11) is 0. The van der Waals surface area contributed by atoms with Crippen LogP contribution in [0.1, 0.15) is 62.0 Å². The lowest BCUT2D eigenvalue weighted by molar-refractivity contribution is -0.128. The number of nitrogens with one attached hydrogen (secondary N) is 1. The van der Waals surface area contributed by atoms with Gasteiger partial charge in [0.1, 0.15) is 0 Å². The Bertz CT molecular complexity index is 585. The predicted molar refractivity (Wildman–Crippen MR) is 96.7 cm³/mol. The van der Waals surface area contributed by atoms with Gasteiger partial charge in [0.25, 0.3) is 0 Å². The molecule has 3 heteroatoms. The molecule has 3 atom stereocenters. The maximum Gasteiger partial charge on any atom is 0.223 e. The first kappa shape index (κ1) is 16.1. The van der Waals surface area contributed by atoms with Gasteiger partial charge in [0.15, 0.2) is 0 Å². The van der Waals surface area contributed by atoms with Gasteiger partial charge in [0.05, 0.1) is 0 Å². The molecule has 2 saturated carbocycles. The maximum absolute atomic E-state index is 12.7. The number of carbonyl (C=O) groups is 1. The first-order valence-electron chi connectivity index (χ1n) is 9.83. The van der Waals surface area contributed by atoms with Gasteiger partial charge in [-0.2, -0.15) is 0 Å². The second kappa shape index (κ2) is 6.87. The topological polar surface area (TPSA) is 55.1 Å². The number of amides is 1. The number of aryl methyl sites for hydroxylation is 1. The Balaban J connectivity index is 1.36. The monoisotopic (exact) mass is 326 g/mol. The number of nitrogens with two attached hydrogens (primary N) is 1. The normalized spacial score (nSPS) is 35.1. The summed E-state index contributed by atoms with van der Waals surface area (Å²) < 4.78 is 0. The van der Waals surface area contributed by atoms with Crippen LogP contribution in [0.5, 0.6) is 0 Å². The van der Waals surface area contributed by atoms with Crippen LogP contribution in [0.15, 0.2) is 24.3 Å². The molecule has 130 valence electrons. The Morgan fingerprint density at radius 3 is 2.62 bits per heavy atom. The summed E-state index contributed by atoms with van der Waals surface area (Å²) in [5, 5.41) is 3.29. The molecule has 0 radical (unpaired) electrons. The third-order valence-corrected chi connectivity index (χ3v) is 6.80. The molecule has 2 bridgehead atoms. The van der Waals surface area contributed by atoms with Gasteiger partial charge in [-0.3, -0.25) is 4.79 Å². The SMILES string of the molecule is NC1C2CCCC1CC(C(=O)NCC1CCCc3ccccc31)C2. The van der Waals surface area contributed by atoms with Gasteiger partial charge in [-0.25, -0.2) is 0 Å². The van der Waals surface area contributed by atoms with Crippen LogP contribution in [-0.4, -0.2) is 18.5 Å². The third-order valence-electron chi connectivity index (χ3n) is 6.80. The van der Waals surface area contributed by atoms with E-state index in [-0.39, 0.29) is 11.8 Å². The van der Waals surface area contributed by atoms with E-state index in [1.807, 2.05) is 0 Å². The number of carbonyl (C=O) groups excluding carboxylic acids is 1. The largest absolute Gasteiger partial charge is 0.355 e. The second-order valence-electron chi connectivity index (χ2n) is 8.23. The van der Waals surface area contributed by atoms with E-state index < -0.39 is 0 Å². The summed E-state index contributed by atoms with van der Waals surface area (Å²) in [5.74, 6) is 2.11. The van der Waals surface area contributed by atoms with Crippen LogP contribution in [0.2, 0.25) is 0 Å². The van der Waals surface area contributed by atoms with Crippen molar-refractivity contribution in [1.29, 1.82) is 0 Å². The lowest BCUT2D eigenvalue weighted by atomic mass is 9.65. The van der Waals surface area contributed by atoms with Crippen LogP contribution in [0.3, 0.4) is 0 Å². The zero-order valence-electron chi connectivity index (χ0n) is 14.5. The summed E-state index contributed by atoms with van der Waals surface area (Å²) in [5.41, 5.74) is 9.28. The van der Waals surface area contributed by atoms with Crippen molar-refractivity contribution in [2.45, 2.75) is 63.3 Å². The molecule has 3 unspecified atom stereocenters. The fraction of sp³-hybridized carbons (Fsp3) is 0.667. The summed E-state index contributed by atoms with van der Waals surface area (Å²) in [6, 6.07) is 9.09. The standard InChI is InChI=1S/C21H30N2O/c22-20-15-7-4-8-16(20)12-18(11-15)21(24)23-13-17-9-3-6-14-5-1-2-10-19(14)17/h1-2,5,10,15-18,20H,3-4,6-9,11-13,22H2,(H,23,24). The first-order valence-corrected chi connectivity index (χ1v) is 9.83. The zero-order valence-corrected chi connectivity index (χ0v) is 14.5. The average molecular weight is 326 g/mol. The summed E-state index contributed by atoms with van der Waals surface area (Å²) in [6.07, 6.45) is 9.36. The molecule has 4 rings (SSSR count). The minimum absolute atomic E-state index is 0.193. The quantitative estimate of drug-likeness (QED) is 0.895. The van der Waals surface area contributed by atoms with Crippen LogP contribution in [0, 0.1) is 17.8 Å². The molecular weight excluding hydrogens is 296 g/mol. The fourth-order valence-corrected chi connectivity index (χ4v) is 5.44. The molecule has 0 aromatic heterocycles. The summed E-state index contributed by atoms with van der Waals surface area (Å²) in [6.45, 7) is 0.799. The number of benzene rings is 1. The lowest BCUT2D eigenvalue weighted by Gasteiger charge is -2.43. The highest BCUT2D eigenvalue weighted by Crippen LogP contribution is 2.42. The van der Waals surface area contributed by atoms with E-state index in [9.17, 15) is 4.79 Å². The molecule has 24 heavy (non-hydrogen) atoms. The minimum Gasteiger partial charge on any atom is -0.355 e. The van der Waals surface area contributed by atoms with Gasteiger partial charge >= 0.3 is 0 Å². The molecule has 3 N–H and O–H groups in total. The minimum atomic E-state index is 0.193. The number of fused-ring (bicyclic) bond motifs is 3. The smallest absolute Gasteiger partial charge is 0.223 e. The van der Waals surface area contributed by atoms with Gasteiger partial charge in [-0.05, 0) is 67.9 Å². The molecule has 1 aromatic rings. The van der Waals surface area contributed by atoms with Crippen LogP contribution < -0.4 is 11.1 Å². The highest BCUT2D eigenvalue weighted by molar-refractivity contribution is 5.79. The van der Waals surface area contributed by atoms with Crippen molar-refractivity contribution in [3.8, 4) is 0 Å². The van der Waals surface area contributed by atoms with Crippen molar-refractivity contribution in [2.75, 3.05) is 6.54 Å². The van der Waals surface area contributed by atoms with Crippen molar-refractivity contribution >= 4 is 5.91 Å². The van der Waals surface area contributed by atoms with Gasteiger partial charge in [0.2, 0.25) is 5.91 Å². The van der Waals surface area contributed by atoms with Crippen LogP contribution in [0.4, 0.5) is 0 Å². The van der Waals surface area contributed by atoms with Gasteiger partial charge in [0, 0.05) is 24.4 Å². The molecule has 0 saturated heterocycles. The fourth-order valence-electron chi connectivity index (χ4n) is 5.44. The molecule has 3 nitrogen and oxygen atoms in total. The summed E-state index contributed by atoms with van der Waals surface area (Å²) >= 11 is 0. The molecule has 0 heterocycles. The Kier molecular flexibility index (Phi) is 4.62. The number of rotatable bonds is 3. The highest BCUT2D eigenvalue weighted by atomic mass is 16.1. The van der Waals surface area contributed by atoms with Gasteiger partial charge < -0.3 is 11.1 Å². The van der Waals surface area contributed by atoms with E-state index >= 15 is 0 Å². The van der Waals surface area contributed by atoms with Crippen LogP contribution in [-0.2, 0) is 11.2 Å². The van der Waals surface area contributed by atoms with Gasteiger partial charge in [-0.15, -0.1) is 0 Å². The van der Waals surface area contributed by atoms with Gasteiger partial charge in [-0.1, -0.05) is 30.7 Å². The average Bonchev–Trinajstić information content (AvgIpc) is 2.59. The lowest BCUT2D eigenvalue weighted by Crippen LogP contribution is -2.49. The molecule has 2 fully saturated rings. The van der Waals surface area contributed by atoms with E-state index in [0.717, 1.165) is 19.4 Å². The highest BCUT2D eigenvalue weighted by Gasteiger charge is 2.40. The first-order chi connectivity index (χ1) is 11.7. The zero-order chi connectivity index (χ0) is 16.5. The van der Waals surface area contributed by atoms with Crippen molar-refractivity contribution in [1.82, 2.24) is 5.32 Å². The van der Waals surface area contributed by atoms with Crippen molar-refractivity contribution in [2.24, 2.45) is 23.5 Å². The van der Waals surface area contributed by atoms with E-state index in [1.165, 1.54) is 49.7 Å². The molecule has 1 aromatic carbocycles. The molecule has 3 aliphatic rings.